The Kier molecular flexibility index (Phi) is 5.46. The molecule has 8 heteroatoms. The van der Waals surface area contributed by atoms with E-state index in [9.17, 15) is 13.2 Å². The molecule has 130 valence electrons. The third-order valence-electron chi connectivity index (χ3n) is 4.07. The van der Waals surface area contributed by atoms with Crippen LogP contribution in [0, 0.1) is 19.8 Å². The summed E-state index contributed by atoms with van der Waals surface area (Å²) < 4.78 is 27.0. The van der Waals surface area contributed by atoms with Crippen molar-refractivity contribution in [2.24, 2.45) is 5.92 Å². The second-order valence-electron chi connectivity index (χ2n) is 6.61. The lowest BCUT2D eigenvalue weighted by atomic mass is 10.1. The summed E-state index contributed by atoms with van der Waals surface area (Å²) in [6.45, 7) is 8.24. The number of aromatic nitrogens is 2. The Bertz CT molecular complexity index is 639. The topological polar surface area (TPSA) is 95.2 Å². The zero-order valence-corrected chi connectivity index (χ0v) is 15.0. The first kappa shape index (κ1) is 17.9. The second-order valence-corrected chi connectivity index (χ2v) is 8.48. The molecular formula is C15H26N4O3S. The number of hydrogen-bond donors (Lipinski definition) is 2. The van der Waals surface area contributed by atoms with Crippen LogP contribution in [-0.2, 0) is 14.8 Å². The van der Waals surface area contributed by atoms with Crippen LogP contribution in [0.1, 0.15) is 44.5 Å². The molecule has 1 saturated heterocycles. The Morgan fingerprint density at radius 1 is 1.35 bits per heavy atom. The molecule has 0 saturated carbocycles. The van der Waals surface area contributed by atoms with Gasteiger partial charge in [-0.25, -0.2) is 8.42 Å². The highest BCUT2D eigenvalue weighted by Gasteiger charge is 2.33. The number of H-pyrrole nitrogens is 1. The molecule has 0 aliphatic carbocycles. The lowest BCUT2D eigenvalue weighted by Crippen LogP contribution is -2.46. The molecule has 0 spiro atoms. The van der Waals surface area contributed by atoms with Crippen LogP contribution in [-0.4, -0.2) is 48.0 Å². The maximum Gasteiger partial charge on any atom is 0.246 e. The van der Waals surface area contributed by atoms with Crippen LogP contribution >= 0.6 is 0 Å². The van der Waals surface area contributed by atoms with Crippen molar-refractivity contribution in [2.75, 3.05) is 13.1 Å². The van der Waals surface area contributed by atoms with Gasteiger partial charge in [-0.15, -0.1) is 0 Å². The monoisotopic (exact) mass is 342 g/mol. The molecule has 23 heavy (non-hydrogen) atoms. The molecule has 0 unspecified atom stereocenters. The zero-order valence-electron chi connectivity index (χ0n) is 14.2. The van der Waals surface area contributed by atoms with E-state index in [2.05, 4.69) is 15.5 Å². The molecule has 0 aromatic carbocycles. The number of piperidine rings is 1. The number of nitrogens with zero attached hydrogens (tertiary/aromatic N) is 2. The van der Waals surface area contributed by atoms with Gasteiger partial charge < -0.3 is 5.32 Å². The van der Waals surface area contributed by atoms with E-state index < -0.39 is 10.0 Å². The van der Waals surface area contributed by atoms with E-state index in [4.69, 9.17) is 0 Å². The number of rotatable bonds is 5. The summed E-state index contributed by atoms with van der Waals surface area (Å²) in [6.07, 6.45) is 1.78. The fourth-order valence-electron chi connectivity index (χ4n) is 2.95. The molecule has 0 radical (unpaired) electrons. The van der Waals surface area contributed by atoms with Gasteiger partial charge in [-0.3, -0.25) is 9.89 Å². The molecule has 7 nitrogen and oxygen atoms in total. The van der Waals surface area contributed by atoms with Crippen LogP contribution in [0.4, 0.5) is 0 Å². The maximum absolute atomic E-state index is 12.7. The lowest BCUT2D eigenvalue weighted by molar-refractivity contribution is -0.122. The minimum atomic E-state index is -3.52. The Hall–Kier alpha value is -1.41. The van der Waals surface area contributed by atoms with Crippen LogP contribution in [0.15, 0.2) is 4.90 Å². The van der Waals surface area contributed by atoms with Crippen molar-refractivity contribution in [3.63, 3.8) is 0 Å². The number of amides is 1. The summed E-state index contributed by atoms with van der Waals surface area (Å²) in [5.74, 6) is 0.366. The number of carbonyl (C=O) groups is 1. The van der Waals surface area contributed by atoms with Crippen molar-refractivity contribution in [3.8, 4) is 0 Å². The molecule has 1 aliphatic rings. The largest absolute Gasteiger partial charge is 0.353 e. The summed E-state index contributed by atoms with van der Waals surface area (Å²) in [7, 11) is -3.52. The third-order valence-corrected chi connectivity index (χ3v) is 6.23. The fraction of sp³-hybridized carbons (Fsp3) is 0.733. The molecule has 1 aromatic heterocycles. The molecule has 1 aliphatic heterocycles. The first-order valence-corrected chi connectivity index (χ1v) is 9.47. The Balaban J connectivity index is 1.98. The van der Waals surface area contributed by atoms with Gasteiger partial charge in [0.05, 0.1) is 11.4 Å². The SMILES string of the molecule is Cc1n[nH]c(C)c1S(=O)(=O)N1CCC(NC(=O)CC(C)C)CC1. The van der Waals surface area contributed by atoms with E-state index in [1.54, 1.807) is 13.8 Å². The number of aryl methyl sites for hydroxylation is 2. The van der Waals surface area contributed by atoms with Crippen LogP contribution in [0.2, 0.25) is 0 Å². The Morgan fingerprint density at radius 2 is 1.96 bits per heavy atom. The summed E-state index contributed by atoms with van der Waals surface area (Å²) in [5, 5.41) is 9.69. The normalized spacial score (nSPS) is 17.6. The minimum absolute atomic E-state index is 0.0443. The smallest absolute Gasteiger partial charge is 0.246 e. The number of sulfonamides is 1. The molecular weight excluding hydrogens is 316 g/mol. The van der Waals surface area contributed by atoms with E-state index >= 15 is 0 Å². The molecule has 1 aromatic rings. The third kappa shape index (κ3) is 4.11. The van der Waals surface area contributed by atoms with E-state index in [-0.39, 0.29) is 16.8 Å². The summed E-state index contributed by atoms with van der Waals surface area (Å²) in [5.41, 5.74) is 1.06. The predicted octanol–water partition coefficient (Wildman–Crippen LogP) is 1.34. The highest BCUT2D eigenvalue weighted by atomic mass is 32.2. The van der Waals surface area contributed by atoms with Crippen molar-refractivity contribution in [2.45, 2.75) is 57.9 Å². The standard InChI is InChI=1S/C15H26N4O3S/c1-10(2)9-14(20)16-13-5-7-19(8-6-13)23(21,22)15-11(3)17-18-12(15)4/h10,13H,5-9H2,1-4H3,(H,16,20)(H,17,18). The van der Waals surface area contributed by atoms with Crippen molar-refractivity contribution >= 4 is 15.9 Å². The predicted molar refractivity (Wildman–Crippen MR) is 87.4 cm³/mol. The van der Waals surface area contributed by atoms with Gasteiger partial charge in [0.15, 0.2) is 0 Å². The van der Waals surface area contributed by atoms with E-state index in [1.807, 2.05) is 13.8 Å². The summed E-state index contributed by atoms with van der Waals surface area (Å²) >= 11 is 0. The molecule has 2 heterocycles. The maximum atomic E-state index is 12.7. The van der Waals surface area contributed by atoms with E-state index in [0.717, 1.165) is 0 Å². The van der Waals surface area contributed by atoms with E-state index in [1.165, 1.54) is 4.31 Å². The van der Waals surface area contributed by atoms with Crippen LogP contribution < -0.4 is 5.32 Å². The van der Waals surface area contributed by atoms with Gasteiger partial charge in [-0.2, -0.15) is 9.40 Å². The zero-order chi connectivity index (χ0) is 17.2. The average molecular weight is 342 g/mol. The van der Waals surface area contributed by atoms with Crippen molar-refractivity contribution in [1.82, 2.24) is 19.8 Å². The van der Waals surface area contributed by atoms with Gasteiger partial charge in [0.2, 0.25) is 15.9 Å². The summed E-state index contributed by atoms with van der Waals surface area (Å²) in [4.78, 5) is 12.1. The average Bonchev–Trinajstić information content (AvgIpc) is 2.78. The summed E-state index contributed by atoms with van der Waals surface area (Å²) in [6, 6.07) is 0.0549. The first-order valence-electron chi connectivity index (χ1n) is 8.03. The number of carbonyl (C=O) groups excluding carboxylic acids is 1. The highest BCUT2D eigenvalue weighted by molar-refractivity contribution is 7.89. The van der Waals surface area contributed by atoms with Gasteiger partial charge in [-0.05, 0) is 32.6 Å². The molecule has 1 amide bonds. The minimum Gasteiger partial charge on any atom is -0.353 e. The van der Waals surface area contributed by atoms with Gasteiger partial charge in [0, 0.05) is 25.6 Å². The Morgan fingerprint density at radius 3 is 2.43 bits per heavy atom. The molecule has 1 fully saturated rings. The second kappa shape index (κ2) is 7.00. The van der Waals surface area contributed by atoms with Crippen molar-refractivity contribution in [1.29, 1.82) is 0 Å². The Labute approximate surface area is 137 Å². The van der Waals surface area contributed by atoms with Crippen molar-refractivity contribution in [3.05, 3.63) is 11.4 Å². The number of nitrogens with one attached hydrogen (secondary N) is 2. The van der Waals surface area contributed by atoms with E-state index in [0.29, 0.717) is 49.7 Å². The van der Waals surface area contributed by atoms with Gasteiger partial charge >= 0.3 is 0 Å². The van der Waals surface area contributed by atoms with Gasteiger partial charge in [-0.1, -0.05) is 13.8 Å². The molecule has 2 rings (SSSR count). The highest BCUT2D eigenvalue weighted by Crippen LogP contribution is 2.24. The molecule has 0 bridgehead atoms. The lowest BCUT2D eigenvalue weighted by Gasteiger charge is -2.31. The van der Waals surface area contributed by atoms with Crippen LogP contribution in [0.25, 0.3) is 0 Å². The van der Waals surface area contributed by atoms with Crippen LogP contribution in [0.5, 0.6) is 0 Å². The molecule has 0 atom stereocenters. The quantitative estimate of drug-likeness (QED) is 0.844. The van der Waals surface area contributed by atoms with Crippen LogP contribution in [0.3, 0.4) is 0 Å². The first-order chi connectivity index (χ1) is 10.7. The van der Waals surface area contributed by atoms with Gasteiger partial charge in [0.1, 0.15) is 4.90 Å². The number of hydrogen-bond acceptors (Lipinski definition) is 4. The van der Waals surface area contributed by atoms with Crippen molar-refractivity contribution < 1.29 is 13.2 Å². The van der Waals surface area contributed by atoms with Gasteiger partial charge in [0.25, 0.3) is 0 Å². The fourth-order valence-corrected chi connectivity index (χ4v) is 4.75. The number of aromatic amines is 1. The molecule has 2 N–H and O–H groups in total.